The average molecular weight is 365 g/mol. The van der Waals surface area contributed by atoms with Crippen molar-refractivity contribution in [2.45, 2.75) is 6.92 Å². The summed E-state index contributed by atoms with van der Waals surface area (Å²) in [5.41, 5.74) is 2.67. The molecule has 0 saturated heterocycles. The molecule has 0 heterocycles. The number of rotatable bonds is 3. The summed E-state index contributed by atoms with van der Waals surface area (Å²) < 4.78 is 0. The lowest BCUT2D eigenvalue weighted by atomic mass is 10.1. The number of carbonyl (C=O) groups excluding carboxylic acids is 1. The highest BCUT2D eigenvalue weighted by Crippen LogP contribution is 2.25. The van der Waals surface area contributed by atoms with E-state index in [-0.39, 0.29) is 11.0 Å². The maximum absolute atomic E-state index is 11.8. The van der Waals surface area contributed by atoms with E-state index in [9.17, 15) is 4.79 Å². The first-order valence-corrected chi connectivity index (χ1v) is 7.92. The van der Waals surface area contributed by atoms with Gasteiger partial charge in [-0.1, -0.05) is 53.0 Å². The van der Waals surface area contributed by atoms with E-state index in [2.05, 4.69) is 10.6 Å². The smallest absolute Gasteiger partial charge is 0.250 e. The van der Waals surface area contributed by atoms with Crippen molar-refractivity contribution in [2.24, 2.45) is 0 Å². The minimum Gasteiger partial charge on any atom is -0.331 e. The predicted molar refractivity (Wildman–Crippen MR) is 101 cm³/mol. The number of halogens is 2. The molecular weight excluding hydrogens is 351 g/mol. The zero-order valence-corrected chi connectivity index (χ0v) is 14.6. The third-order valence-corrected chi connectivity index (χ3v) is 3.67. The largest absolute Gasteiger partial charge is 0.331 e. The topological polar surface area (TPSA) is 41.1 Å². The Kier molecular flexibility index (Phi) is 6.16. The summed E-state index contributed by atoms with van der Waals surface area (Å²) in [5.74, 6) is -0.326. The lowest BCUT2D eigenvalue weighted by Crippen LogP contribution is -2.32. The van der Waals surface area contributed by atoms with Crippen LogP contribution in [0.15, 0.2) is 48.5 Å². The van der Waals surface area contributed by atoms with Crippen molar-refractivity contribution in [1.82, 2.24) is 5.32 Å². The van der Waals surface area contributed by atoms with E-state index in [1.807, 2.05) is 31.2 Å². The molecule has 0 aromatic heterocycles. The summed E-state index contributed by atoms with van der Waals surface area (Å²) in [4.78, 5) is 11.8. The fraction of sp³-hybridized carbons (Fsp3) is 0.0588. The van der Waals surface area contributed by atoms with Crippen molar-refractivity contribution >= 4 is 58.2 Å². The molecule has 2 N–H and O–H groups in total. The first-order chi connectivity index (χ1) is 10.9. The number of benzene rings is 2. The Balaban J connectivity index is 1.91. The summed E-state index contributed by atoms with van der Waals surface area (Å²) >= 11 is 16.9. The molecule has 0 aliphatic carbocycles. The minimum absolute atomic E-state index is 0.160. The van der Waals surface area contributed by atoms with Crippen LogP contribution >= 0.6 is 35.4 Å². The Morgan fingerprint density at radius 3 is 2.48 bits per heavy atom. The van der Waals surface area contributed by atoms with Gasteiger partial charge >= 0.3 is 0 Å². The van der Waals surface area contributed by atoms with Crippen LogP contribution in [0.3, 0.4) is 0 Å². The molecule has 2 aromatic rings. The SMILES string of the molecule is Cc1ccc(C=CC(=O)NC(=S)Nc2ccc(Cl)cc2Cl)cc1. The van der Waals surface area contributed by atoms with Crippen molar-refractivity contribution < 1.29 is 4.79 Å². The Bertz CT molecular complexity index is 758. The van der Waals surface area contributed by atoms with Crippen LogP contribution in [0.5, 0.6) is 0 Å². The van der Waals surface area contributed by atoms with Gasteiger partial charge in [-0.2, -0.15) is 0 Å². The third kappa shape index (κ3) is 5.67. The predicted octanol–water partition coefficient (Wildman–Crippen LogP) is 4.83. The van der Waals surface area contributed by atoms with Crippen LogP contribution < -0.4 is 10.6 Å². The van der Waals surface area contributed by atoms with Crippen LogP contribution in [-0.4, -0.2) is 11.0 Å². The maximum atomic E-state index is 11.8. The van der Waals surface area contributed by atoms with Gasteiger partial charge in [0.2, 0.25) is 5.91 Å². The van der Waals surface area contributed by atoms with Crippen LogP contribution in [0.4, 0.5) is 5.69 Å². The number of anilines is 1. The monoisotopic (exact) mass is 364 g/mol. The van der Waals surface area contributed by atoms with Gasteiger partial charge in [0.1, 0.15) is 0 Å². The van der Waals surface area contributed by atoms with Gasteiger partial charge in [-0.15, -0.1) is 0 Å². The van der Waals surface area contributed by atoms with Crippen molar-refractivity contribution in [3.8, 4) is 0 Å². The van der Waals surface area contributed by atoms with Crippen molar-refractivity contribution in [3.63, 3.8) is 0 Å². The molecule has 0 aliphatic rings. The lowest BCUT2D eigenvalue weighted by molar-refractivity contribution is -0.115. The lowest BCUT2D eigenvalue weighted by Gasteiger charge is -2.09. The second-order valence-corrected chi connectivity index (χ2v) is 6.06. The van der Waals surface area contributed by atoms with E-state index in [0.29, 0.717) is 15.7 Å². The maximum Gasteiger partial charge on any atom is 0.250 e. The fourth-order valence-corrected chi connectivity index (χ4v) is 2.41. The minimum atomic E-state index is -0.326. The Morgan fingerprint density at radius 2 is 1.83 bits per heavy atom. The van der Waals surface area contributed by atoms with Crippen LogP contribution in [-0.2, 0) is 4.79 Å². The highest BCUT2D eigenvalue weighted by atomic mass is 35.5. The van der Waals surface area contributed by atoms with E-state index in [1.54, 1.807) is 24.3 Å². The second kappa shape index (κ2) is 8.11. The molecule has 23 heavy (non-hydrogen) atoms. The molecule has 118 valence electrons. The summed E-state index contributed by atoms with van der Waals surface area (Å²) in [6, 6.07) is 12.8. The quantitative estimate of drug-likeness (QED) is 0.605. The number of amides is 1. The molecule has 0 atom stereocenters. The summed E-state index contributed by atoms with van der Waals surface area (Å²) in [6.45, 7) is 2.01. The van der Waals surface area contributed by atoms with Gasteiger partial charge in [0.05, 0.1) is 10.7 Å². The van der Waals surface area contributed by atoms with Crippen molar-refractivity contribution in [2.75, 3.05) is 5.32 Å². The van der Waals surface area contributed by atoms with Crippen molar-refractivity contribution in [3.05, 3.63) is 69.7 Å². The van der Waals surface area contributed by atoms with E-state index >= 15 is 0 Å². The van der Waals surface area contributed by atoms with Crippen LogP contribution in [0.25, 0.3) is 6.08 Å². The van der Waals surface area contributed by atoms with Gasteiger partial charge in [0, 0.05) is 11.1 Å². The van der Waals surface area contributed by atoms with Crippen LogP contribution in [0, 0.1) is 6.92 Å². The molecule has 2 rings (SSSR count). The molecule has 1 amide bonds. The molecule has 0 bridgehead atoms. The third-order valence-electron chi connectivity index (χ3n) is 2.92. The zero-order valence-electron chi connectivity index (χ0n) is 12.3. The normalized spacial score (nSPS) is 10.6. The van der Waals surface area contributed by atoms with E-state index in [4.69, 9.17) is 35.4 Å². The zero-order chi connectivity index (χ0) is 16.8. The molecule has 0 aliphatic heterocycles. The van der Waals surface area contributed by atoms with Gasteiger partial charge in [-0.25, -0.2) is 0 Å². The Hall–Kier alpha value is -1.88. The molecule has 0 spiro atoms. The van der Waals surface area contributed by atoms with E-state index in [1.165, 1.54) is 6.08 Å². The second-order valence-electron chi connectivity index (χ2n) is 4.81. The van der Waals surface area contributed by atoms with Gasteiger partial charge < -0.3 is 5.32 Å². The first-order valence-electron chi connectivity index (χ1n) is 6.76. The van der Waals surface area contributed by atoms with Gasteiger partial charge in [0.15, 0.2) is 5.11 Å². The summed E-state index contributed by atoms with van der Waals surface area (Å²) in [7, 11) is 0. The van der Waals surface area contributed by atoms with Crippen molar-refractivity contribution in [1.29, 1.82) is 0 Å². The molecule has 6 heteroatoms. The van der Waals surface area contributed by atoms with Gasteiger partial charge in [0.25, 0.3) is 0 Å². The fourth-order valence-electron chi connectivity index (χ4n) is 1.75. The number of hydrogen-bond acceptors (Lipinski definition) is 2. The first kappa shape index (κ1) is 17.5. The van der Waals surface area contributed by atoms with Crippen LogP contribution in [0.1, 0.15) is 11.1 Å². The highest BCUT2D eigenvalue weighted by Gasteiger charge is 2.05. The number of aryl methyl sites for hydroxylation is 1. The molecule has 2 aromatic carbocycles. The summed E-state index contributed by atoms with van der Waals surface area (Å²) in [5, 5.41) is 6.51. The standard InChI is InChI=1S/C17H14Cl2N2OS/c1-11-2-4-12(5-3-11)6-9-16(22)21-17(23)20-15-8-7-13(18)10-14(15)19/h2-10H,1H3,(H2,20,21,22,23). The van der Waals surface area contributed by atoms with E-state index in [0.717, 1.165) is 11.1 Å². The molecule has 0 fully saturated rings. The van der Waals surface area contributed by atoms with Gasteiger partial charge in [-0.3, -0.25) is 10.1 Å². The Morgan fingerprint density at radius 1 is 1.13 bits per heavy atom. The molecular formula is C17H14Cl2N2OS. The average Bonchev–Trinajstić information content (AvgIpc) is 2.49. The number of hydrogen-bond donors (Lipinski definition) is 2. The summed E-state index contributed by atoms with van der Waals surface area (Å²) in [6.07, 6.45) is 3.13. The molecule has 0 unspecified atom stereocenters. The number of carbonyl (C=O) groups is 1. The van der Waals surface area contributed by atoms with Crippen LogP contribution in [0.2, 0.25) is 10.0 Å². The number of nitrogens with one attached hydrogen (secondary N) is 2. The van der Waals surface area contributed by atoms with E-state index < -0.39 is 0 Å². The molecule has 0 saturated carbocycles. The van der Waals surface area contributed by atoms with Gasteiger partial charge in [-0.05, 0) is 49.0 Å². The molecule has 3 nitrogen and oxygen atoms in total. The molecule has 0 radical (unpaired) electrons. The highest BCUT2D eigenvalue weighted by molar-refractivity contribution is 7.80. The Labute approximate surface area is 150 Å². The number of thiocarbonyl (C=S) groups is 1.